The second kappa shape index (κ2) is 7.02. The van der Waals surface area contributed by atoms with Crippen molar-refractivity contribution in [2.24, 2.45) is 0 Å². The number of nitrogens with zero attached hydrogens (tertiary/aromatic N) is 5. The summed E-state index contributed by atoms with van der Waals surface area (Å²) in [5, 5.41) is 9.58. The van der Waals surface area contributed by atoms with Crippen LogP contribution in [0.1, 0.15) is 25.2 Å². The van der Waals surface area contributed by atoms with Gasteiger partial charge in [-0.1, -0.05) is 30.7 Å². The van der Waals surface area contributed by atoms with Crippen LogP contribution in [0.3, 0.4) is 0 Å². The monoisotopic (exact) mass is 355 g/mol. The fourth-order valence-corrected chi connectivity index (χ4v) is 3.84. The van der Waals surface area contributed by atoms with E-state index in [9.17, 15) is 0 Å². The molecule has 3 aromatic rings. The summed E-state index contributed by atoms with van der Waals surface area (Å²) < 4.78 is 2.11. The first-order chi connectivity index (χ1) is 12.3. The van der Waals surface area contributed by atoms with Gasteiger partial charge in [-0.15, -0.1) is 10.2 Å². The van der Waals surface area contributed by atoms with Crippen molar-refractivity contribution in [2.75, 3.05) is 31.1 Å². The fraction of sp³-hybridized carbons (Fsp3) is 0.368. The molecule has 0 N–H and O–H groups in total. The highest BCUT2D eigenvalue weighted by molar-refractivity contribution is 6.30. The molecule has 1 unspecified atom stereocenters. The molecule has 0 spiro atoms. The SMILES string of the molecule is CCC(c1nnc2ccccn12)N1CCN(c2cccc(Cl)c2)CC1. The molecule has 130 valence electrons. The molecule has 0 amide bonds. The zero-order valence-electron chi connectivity index (χ0n) is 14.3. The van der Waals surface area contributed by atoms with E-state index in [0.29, 0.717) is 6.04 Å². The zero-order chi connectivity index (χ0) is 17.2. The summed E-state index contributed by atoms with van der Waals surface area (Å²) in [6, 6.07) is 14.4. The Hall–Kier alpha value is -2.11. The third kappa shape index (κ3) is 3.22. The van der Waals surface area contributed by atoms with Gasteiger partial charge in [0.25, 0.3) is 0 Å². The third-order valence-electron chi connectivity index (χ3n) is 4.95. The number of benzene rings is 1. The van der Waals surface area contributed by atoms with Crippen LogP contribution in [0, 0.1) is 0 Å². The highest BCUT2D eigenvalue weighted by atomic mass is 35.5. The van der Waals surface area contributed by atoms with Gasteiger partial charge in [-0.3, -0.25) is 9.30 Å². The lowest BCUT2D eigenvalue weighted by Crippen LogP contribution is -2.48. The van der Waals surface area contributed by atoms with E-state index in [1.807, 2.05) is 36.4 Å². The van der Waals surface area contributed by atoms with Gasteiger partial charge in [0.05, 0.1) is 6.04 Å². The van der Waals surface area contributed by atoms with Crippen LogP contribution in [0.4, 0.5) is 5.69 Å². The molecule has 1 aliphatic heterocycles. The lowest BCUT2D eigenvalue weighted by molar-refractivity contribution is 0.173. The molecule has 0 bridgehead atoms. The Kier molecular flexibility index (Phi) is 4.59. The molecule has 0 saturated carbocycles. The van der Waals surface area contributed by atoms with E-state index in [1.54, 1.807) is 0 Å². The maximum absolute atomic E-state index is 6.13. The molecule has 25 heavy (non-hydrogen) atoms. The molecule has 2 aromatic heterocycles. The van der Waals surface area contributed by atoms with E-state index in [-0.39, 0.29) is 0 Å². The topological polar surface area (TPSA) is 36.7 Å². The lowest BCUT2D eigenvalue weighted by atomic mass is 10.1. The van der Waals surface area contributed by atoms with Crippen molar-refractivity contribution < 1.29 is 0 Å². The predicted octanol–water partition coefficient (Wildman–Crippen LogP) is 3.66. The van der Waals surface area contributed by atoms with Crippen LogP contribution in [0.25, 0.3) is 5.65 Å². The number of halogens is 1. The molecule has 0 radical (unpaired) electrons. The average Bonchev–Trinajstić information content (AvgIpc) is 3.07. The first-order valence-electron chi connectivity index (χ1n) is 8.80. The fourth-order valence-electron chi connectivity index (χ4n) is 3.66. The Morgan fingerprint density at radius 2 is 1.88 bits per heavy atom. The van der Waals surface area contributed by atoms with Gasteiger partial charge >= 0.3 is 0 Å². The van der Waals surface area contributed by atoms with Gasteiger partial charge in [0.15, 0.2) is 11.5 Å². The highest BCUT2D eigenvalue weighted by Crippen LogP contribution is 2.27. The Morgan fingerprint density at radius 1 is 1.04 bits per heavy atom. The minimum atomic E-state index is 0.291. The van der Waals surface area contributed by atoms with Gasteiger partial charge in [-0.2, -0.15) is 0 Å². The molecule has 5 nitrogen and oxygen atoms in total. The number of anilines is 1. The number of hydrogen-bond donors (Lipinski definition) is 0. The molecule has 1 aromatic carbocycles. The molecule has 3 heterocycles. The average molecular weight is 356 g/mol. The van der Waals surface area contributed by atoms with E-state index in [2.05, 4.69) is 43.6 Å². The van der Waals surface area contributed by atoms with Crippen LogP contribution in [0.15, 0.2) is 48.7 Å². The number of fused-ring (bicyclic) bond motifs is 1. The van der Waals surface area contributed by atoms with Crippen molar-refractivity contribution in [2.45, 2.75) is 19.4 Å². The van der Waals surface area contributed by atoms with Crippen LogP contribution >= 0.6 is 11.6 Å². The second-order valence-electron chi connectivity index (χ2n) is 6.41. The first-order valence-corrected chi connectivity index (χ1v) is 9.18. The summed E-state index contributed by atoms with van der Waals surface area (Å²) in [5.41, 5.74) is 2.11. The van der Waals surface area contributed by atoms with E-state index < -0.39 is 0 Å². The summed E-state index contributed by atoms with van der Waals surface area (Å²) in [6.45, 7) is 6.22. The van der Waals surface area contributed by atoms with E-state index >= 15 is 0 Å². The van der Waals surface area contributed by atoms with Crippen molar-refractivity contribution in [3.63, 3.8) is 0 Å². The highest BCUT2D eigenvalue weighted by Gasteiger charge is 2.27. The molecule has 4 rings (SSSR count). The minimum absolute atomic E-state index is 0.291. The van der Waals surface area contributed by atoms with Crippen LogP contribution in [-0.2, 0) is 0 Å². The summed E-state index contributed by atoms with van der Waals surface area (Å²) in [7, 11) is 0. The summed E-state index contributed by atoms with van der Waals surface area (Å²) >= 11 is 6.13. The van der Waals surface area contributed by atoms with Gasteiger partial charge < -0.3 is 4.90 Å². The maximum Gasteiger partial charge on any atom is 0.160 e. The minimum Gasteiger partial charge on any atom is -0.369 e. The van der Waals surface area contributed by atoms with Crippen molar-refractivity contribution in [3.05, 3.63) is 59.5 Å². The summed E-state index contributed by atoms with van der Waals surface area (Å²) in [6.07, 6.45) is 3.07. The normalized spacial score (nSPS) is 17.1. The van der Waals surface area contributed by atoms with Gasteiger partial charge in [0.1, 0.15) is 0 Å². The van der Waals surface area contributed by atoms with Gasteiger partial charge in [0.2, 0.25) is 0 Å². The molecule has 1 atom stereocenters. The Morgan fingerprint density at radius 3 is 2.64 bits per heavy atom. The third-order valence-corrected chi connectivity index (χ3v) is 5.19. The Bertz CT molecular complexity index is 854. The van der Waals surface area contributed by atoms with E-state index in [0.717, 1.165) is 49.1 Å². The van der Waals surface area contributed by atoms with Gasteiger partial charge in [0, 0.05) is 43.1 Å². The second-order valence-corrected chi connectivity index (χ2v) is 6.85. The number of rotatable bonds is 4. The van der Waals surface area contributed by atoms with Crippen LogP contribution in [0.5, 0.6) is 0 Å². The molecular formula is C19H22ClN5. The largest absolute Gasteiger partial charge is 0.369 e. The van der Waals surface area contributed by atoms with Crippen LogP contribution < -0.4 is 4.90 Å². The van der Waals surface area contributed by atoms with Crippen LogP contribution in [-0.4, -0.2) is 45.7 Å². The van der Waals surface area contributed by atoms with Crippen molar-refractivity contribution >= 4 is 22.9 Å². The molecular weight excluding hydrogens is 334 g/mol. The summed E-state index contributed by atoms with van der Waals surface area (Å²) in [4.78, 5) is 4.92. The Balaban J connectivity index is 1.51. The molecule has 1 aliphatic rings. The maximum atomic E-state index is 6.13. The van der Waals surface area contributed by atoms with Crippen molar-refractivity contribution in [3.8, 4) is 0 Å². The number of piperazine rings is 1. The van der Waals surface area contributed by atoms with Gasteiger partial charge in [-0.25, -0.2) is 0 Å². The first kappa shape index (κ1) is 16.4. The molecule has 6 heteroatoms. The van der Waals surface area contributed by atoms with Crippen molar-refractivity contribution in [1.29, 1.82) is 0 Å². The van der Waals surface area contributed by atoms with Gasteiger partial charge in [-0.05, 0) is 36.8 Å². The number of pyridine rings is 1. The van der Waals surface area contributed by atoms with E-state index in [1.165, 1.54) is 5.69 Å². The molecule has 0 aliphatic carbocycles. The lowest BCUT2D eigenvalue weighted by Gasteiger charge is -2.39. The smallest absolute Gasteiger partial charge is 0.160 e. The zero-order valence-corrected chi connectivity index (χ0v) is 15.1. The molecule has 1 fully saturated rings. The predicted molar refractivity (Wildman–Crippen MR) is 101 cm³/mol. The molecule has 1 saturated heterocycles. The number of aromatic nitrogens is 3. The Labute approximate surface area is 152 Å². The summed E-state index contributed by atoms with van der Waals surface area (Å²) in [5.74, 6) is 1.04. The van der Waals surface area contributed by atoms with E-state index in [4.69, 9.17) is 11.6 Å². The standard InChI is InChI=1S/C19H22ClN5/c1-2-17(19-22-21-18-8-3-4-9-25(18)19)24-12-10-23(11-13-24)16-7-5-6-15(20)14-16/h3-9,14,17H,2,10-13H2,1H3. The van der Waals surface area contributed by atoms with Crippen molar-refractivity contribution in [1.82, 2.24) is 19.5 Å². The quantitative estimate of drug-likeness (QED) is 0.715. The van der Waals surface area contributed by atoms with Crippen LogP contribution in [0.2, 0.25) is 5.02 Å². The number of hydrogen-bond acceptors (Lipinski definition) is 4.